The number of ketones is 1. The van der Waals surface area contributed by atoms with Gasteiger partial charge < -0.3 is 0 Å². The van der Waals surface area contributed by atoms with Crippen LogP contribution in [0.4, 0.5) is 14.5 Å². The Morgan fingerprint density at radius 2 is 1.87 bits per heavy atom. The number of carbonyl (C=O) groups is 1. The second-order valence-electron chi connectivity index (χ2n) is 7.84. The average molecular weight is 445 g/mol. The van der Waals surface area contributed by atoms with E-state index in [9.17, 15) is 13.6 Å². The number of hydrazone groups is 1. The molecule has 0 heterocycles. The molecule has 31 heavy (non-hydrogen) atoms. The third kappa shape index (κ3) is 6.34. The summed E-state index contributed by atoms with van der Waals surface area (Å²) in [6.07, 6.45) is 1.36. The lowest BCUT2D eigenvalue weighted by Crippen LogP contribution is -2.06. The van der Waals surface area contributed by atoms with E-state index in [1.165, 1.54) is 19.2 Å². The lowest BCUT2D eigenvalue weighted by Gasteiger charge is -2.16. The molecule has 0 aliphatic heterocycles. The summed E-state index contributed by atoms with van der Waals surface area (Å²) in [6.45, 7) is 12.2. The van der Waals surface area contributed by atoms with Crippen LogP contribution in [0.3, 0.4) is 0 Å². The largest absolute Gasteiger partial charge is 0.289 e. The molecular formula is C25H27ClF2N2O. The predicted molar refractivity (Wildman–Crippen MR) is 126 cm³/mol. The summed E-state index contributed by atoms with van der Waals surface area (Å²) in [5.74, 6) is -0.772. The highest BCUT2D eigenvalue weighted by Gasteiger charge is 2.18. The van der Waals surface area contributed by atoms with E-state index in [1.54, 1.807) is 44.2 Å². The Hall–Kier alpha value is -2.79. The molecule has 1 unspecified atom stereocenters. The average Bonchev–Trinajstić information content (AvgIpc) is 2.68. The van der Waals surface area contributed by atoms with E-state index in [-0.39, 0.29) is 17.3 Å². The van der Waals surface area contributed by atoms with Gasteiger partial charge in [-0.15, -0.1) is 0 Å². The number of halogens is 3. The molecular weight excluding hydrogens is 418 g/mol. The van der Waals surface area contributed by atoms with E-state index in [0.717, 1.165) is 5.57 Å². The van der Waals surface area contributed by atoms with Crippen LogP contribution in [0.2, 0.25) is 5.02 Å². The van der Waals surface area contributed by atoms with Crippen LogP contribution in [0.5, 0.6) is 0 Å². The molecule has 0 radical (unpaired) electrons. The van der Waals surface area contributed by atoms with Gasteiger partial charge in [0.05, 0.1) is 10.7 Å². The zero-order valence-electron chi connectivity index (χ0n) is 18.4. The van der Waals surface area contributed by atoms with E-state index in [1.807, 2.05) is 13.8 Å². The highest BCUT2D eigenvalue weighted by atomic mass is 35.5. The van der Waals surface area contributed by atoms with Crippen molar-refractivity contribution in [1.29, 1.82) is 0 Å². The standard InChI is InChI=1S/C25H27ClF2N2O/c1-14(2)13-29-30-23-11-18(7-8-22(23)26)24(31)12-21(17(6)27)19-9-16(5)25(28)20(10-19)15(3)4/h7-13,15,17,30H,1H2,2-6H3/b21-12+,29-13+. The van der Waals surface area contributed by atoms with Crippen LogP contribution in [0.15, 0.2) is 53.7 Å². The number of alkyl halides is 1. The molecule has 0 spiro atoms. The minimum absolute atomic E-state index is 0.0739. The molecule has 164 valence electrons. The van der Waals surface area contributed by atoms with Crippen molar-refractivity contribution in [2.24, 2.45) is 5.10 Å². The van der Waals surface area contributed by atoms with E-state index >= 15 is 0 Å². The lowest BCUT2D eigenvalue weighted by molar-refractivity contribution is 0.104. The Morgan fingerprint density at radius 1 is 1.19 bits per heavy atom. The molecule has 0 aliphatic rings. The second-order valence-corrected chi connectivity index (χ2v) is 8.25. The fourth-order valence-corrected chi connectivity index (χ4v) is 3.17. The third-order valence-electron chi connectivity index (χ3n) is 4.67. The van der Waals surface area contributed by atoms with E-state index in [2.05, 4.69) is 17.1 Å². The van der Waals surface area contributed by atoms with Crippen molar-refractivity contribution in [3.05, 3.63) is 81.7 Å². The van der Waals surface area contributed by atoms with Crippen molar-refractivity contribution in [2.75, 3.05) is 5.43 Å². The fraction of sp³-hybridized carbons (Fsp3) is 0.280. The van der Waals surface area contributed by atoms with Crippen molar-refractivity contribution in [1.82, 2.24) is 0 Å². The molecule has 3 nitrogen and oxygen atoms in total. The number of rotatable bonds is 8. The molecule has 1 N–H and O–H groups in total. The molecule has 6 heteroatoms. The van der Waals surface area contributed by atoms with Crippen LogP contribution < -0.4 is 5.43 Å². The minimum Gasteiger partial charge on any atom is -0.289 e. The van der Waals surface area contributed by atoms with Crippen LogP contribution in [-0.4, -0.2) is 18.2 Å². The van der Waals surface area contributed by atoms with Crippen LogP contribution in [0.1, 0.15) is 60.7 Å². The number of benzene rings is 2. The molecule has 0 aliphatic carbocycles. The number of hydrogen-bond donors (Lipinski definition) is 1. The summed E-state index contributed by atoms with van der Waals surface area (Å²) < 4.78 is 28.9. The molecule has 2 aromatic rings. The molecule has 0 saturated carbocycles. The molecule has 0 bridgehead atoms. The summed E-state index contributed by atoms with van der Waals surface area (Å²) in [4.78, 5) is 12.9. The first-order valence-electron chi connectivity index (χ1n) is 9.95. The number of aryl methyl sites for hydroxylation is 1. The number of anilines is 1. The van der Waals surface area contributed by atoms with E-state index in [4.69, 9.17) is 11.6 Å². The van der Waals surface area contributed by atoms with Crippen molar-refractivity contribution in [3.63, 3.8) is 0 Å². The number of allylic oxidation sites excluding steroid dienone is 3. The SMILES string of the molecule is C=C(C)/C=N/Nc1cc(C(=O)/C=C(/c2cc(C)c(F)c(C(C)C)c2)C(C)F)ccc1Cl. The van der Waals surface area contributed by atoms with Gasteiger partial charge in [0, 0.05) is 11.8 Å². The first-order chi connectivity index (χ1) is 14.5. The van der Waals surface area contributed by atoms with Gasteiger partial charge in [0.15, 0.2) is 5.78 Å². The van der Waals surface area contributed by atoms with E-state index < -0.39 is 12.0 Å². The Kier molecular flexibility index (Phi) is 8.28. The van der Waals surface area contributed by atoms with Gasteiger partial charge in [0.1, 0.15) is 12.0 Å². The first kappa shape index (κ1) is 24.5. The van der Waals surface area contributed by atoms with Gasteiger partial charge in [-0.1, -0.05) is 32.0 Å². The molecule has 0 saturated heterocycles. The van der Waals surface area contributed by atoms with Crippen molar-refractivity contribution in [2.45, 2.75) is 46.7 Å². The van der Waals surface area contributed by atoms with E-state index in [0.29, 0.717) is 33.0 Å². The summed E-state index contributed by atoms with van der Waals surface area (Å²) in [6, 6.07) is 7.86. The Balaban J connectivity index is 2.46. The number of nitrogens with zero attached hydrogens (tertiary/aromatic N) is 1. The van der Waals surface area contributed by atoms with Gasteiger partial charge in [0.2, 0.25) is 0 Å². The maximum Gasteiger partial charge on any atom is 0.186 e. The van der Waals surface area contributed by atoms with Crippen molar-refractivity contribution >= 4 is 34.9 Å². The molecule has 0 fully saturated rings. The van der Waals surface area contributed by atoms with Gasteiger partial charge in [0.25, 0.3) is 0 Å². The van der Waals surface area contributed by atoms with Crippen molar-refractivity contribution in [3.8, 4) is 0 Å². The van der Waals surface area contributed by atoms with Gasteiger partial charge >= 0.3 is 0 Å². The maximum absolute atomic E-state index is 14.5. The number of hydrogen-bond acceptors (Lipinski definition) is 3. The van der Waals surface area contributed by atoms with Crippen LogP contribution in [0.25, 0.3) is 5.57 Å². The molecule has 0 aromatic heterocycles. The molecule has 2 rings (SSSR count). The quantitative estimate of drug-likeness (QED) is 0.198. The third-order valence-corrected chi connectivity index (χ3v) is 5.00. The van der Waals surface area contributed by atoms with Gasteiger partial charge in [-0.3, -0.25) is 10.2 Å². The number of nitrogens with one attached hydrogen (secondary N) is 1. The Labute approximate surface area is 187 Å². The smallest absolute Gasteiger partial charge is 0.186 e. The first-order valence-corrected chi connectivity index (χ1v) is 10.3. The summed E-state index contributed by atoms with van der Waals surface area (Å²) >= 11 is 6.17. The monoisotopic (exact) mass is 444 g/mol. The van der Waals surface area contributed by atoms with Crippen LogP contribution in [0, 0.1) is 12.7 Å². The summed E-state index contributed by atoms with van der Waals surface area (Å²) in [7, 11) is 0. The van der Waals surface area contributed by atoms with Crippen LogP contribution >= 0.6 is 11.6 Å². The second kappa shape index (κ2) is 10.5. The minimum atomic E-state index is -1.42. The topological polar surface area (TPSA) is 41.5 Å². The molecule has 1 atom stereocenters. The fourth-order valence-electron chi connectivity index (χ4n) is 3.01. The van der Waals surface area contributed by atoms with Gasteiger partial charge in [-0.2, -0.15) is 5.10 Å². The zero-order chi connectivity index (χ0) is 23.3. The highest BCUT2D eigenvalue weighted by Crippen LogP contribution is 2.30. The Morgan fingerprint density at radius 3 is 2.45 bits per heavy atom. The predicted octanol–water partition coefficient (Wildman–Crippen LogP) is 7.51. The zero-order valence-corrected chi connectivity index (χ0v) is 19.1. The highest BCUT2D eigenvalue weighted by molar-refractivity contribution is 6.33. The van der Waals surface area contributed by atoms with Crippen molar-refractivity contribution < 1.29 is 13.6 Å². The summed E-state index contributed by atoms with van der Waals surface area (Å²) in [5.41, 5.74) is 5.85. The summed E-state index contributed by atoms with van der Waals surface area (Å²) in [5, 5.41) is 4.39. The lowest BCUT2D eigenvalue weighted by atomic mass is 9.91. The molecule has 0 amide bonds. The normalized spacial score (nSPS) is 13.0. The van der Waals surface area contributed by atoms with Crippen LogP contribution in [-0.2, 0) is 0 Å². The van der Waals surface area contributed by atoms with Gasteiger partial charge in [-0.05, 0) is 90.9 Å². The molecule has 2 aromatic carbocycles. The maximum atomic E-state index is 14.5. The van der Waals surface area contributed by atoms with Gasteiger partial charge in [-0.25, -0.2) is 8.78 Å². The number of carbonyl (C=O) groups excluding carboxylic acids is 1. The Bertz CT molecular complexity index is 1060.